The molecule has 1 atom stereocenters. The Hall–Kier alpha value is -1.35. The van der Waals surface area contributed by atoms with Gasteiger partial charge in [-0.1, -0.05) is 37.3 Å². The summed E-state index contributed by atoms with van der Waals surface area (Å²) in [4.78, 5) is 13.5. The number of benzene rings is 1. The first-order chi connectivity index (χ1) is 8.19. The van der Waals surface area contributed by atoms with Crippen LogP contribution in [0.1, 0.15) is 18.9 Å². The molecule has 0 saturated carbocycles. The second kappa shape index (κ2) is 7.07. The second-order valence-electron chi connectivity index (χ2n) is 4.16. The number of methoxy groups -OCH3 is 1. The van der Waals surface area contributed by atoms with Crippen molar-refractivity contribution in [2.75, 3.05) is 20.8 Å². The van der Waals surface area contributed by atoms with E-state index in [1.54, 1.807) is 12.0 Å². The molecule has 1 rings (SSSR count). The molecule has 0 unspecified atom stereocenters. The van der Waals surface area contributed by atoms with E-state index >= 15 is 0 Å². The average Bonchev–Trinajstić information content (AvgIpc) is 2.37. The van der Waals surface area contributed by atoms with Crippen LogP contribution in [-0.2, 0) is 16.0 Å². The molecule has 0 saturated heterocycles. The van der Waals surface area contributed by atoms with Crippen molar-refractivity contribution < 1.29 is 9.53 Å². The Morgan fingerprint density at radius 3 is 2.53 bits per heavy atom. The van der Waals surface area contributed by atoms with Gasteiger partial charge in [-0.25, -0.2) is 0 Å². The van der Waals surface area contributed by atoms with Crippen molar-refractivity contribution in [1.29, 1.82) is 0 Å². The van der Waals surface area contributed by atoms with E-state index in [1.165, 1.54) is 5.56 Å². The van der Waals surface area contributed by atoms with Gasteiger partial charge in [0.05, 0.1) is 12.6 Å². The summed E-state index contributed by atoms with van der Waals surface area (Å²) < 4.78 is 5.20. The minimum absolute atomic E-state index is 0.106. The molecular formula is C14H21NO2. The first-order valence-corrected chi connectivity index (χ1v) is 5.97. The monoisotopic (exact) mass is 235 g/mol. The third-order valence-corrected chi connectivity index (χ3v) is 2.92. The topological polar surface area (TPSA) is 29.5 Å². The third kappa shape index (κ3) is 4.19. The number of hydrogen-bond acceptors (Lipinski definition) is 2. The molecule has 1 amide bonds. The zero-order chi connectivity index (χ0) is 12.7. The van der Waals surface area contributed by atoms with Crippen LogP contribution >= 0.6 is 0 Å². The fraction of sp³-hybridized carbons (Fsp3) is 0.500. The van der Waals surface area contributed by atoms with E-state index in [2.05, 4.69) is 12.1 Å². The second-order valence-corrected chi connectivity index (χ2v) is 4.16. The fourth-order valence-electron chi connectivity index (χ4n) is 1.84. The number of hydrogen-bond donors (Lipinski definition) is 0. The first-order valence-electron chi connectivity index (χ1n) is 5.97. The molecule has 0 fully saturated rings. The molecule has 0 spiro atoms. The summed E-state index contributed by atoms with van der Waals surface area (Å²) in [5, 5.41) is 0. The number of carbonyl (C=O) groups excluding carboxylic acids is 1. The summed E-state index contributed by atoms with van der Waals surface area (Å²) in [5.41, 5.74) is 1.23. The van der Waals surface area contributed by atoms with Gasteiger partial charge in [-0.05, 0) is 12.0 Å². The van der Waals surface area contributed by atoms with Gasteiger partial charge >= 0.3 is 0 Å². The van der Waals surface area contributed by atoms with Crippen LogP contribution in [0.25, 0.3) is 0 Å². The van der Waals surface area contributed by atoms with Crippen molar-refractivity contribution in [2.24, 2.45) is 0 Å². The van der Waals surface area contributed by atoms with Crippen LogP contribution < -0.4 is 0 Å². The van der Waals surface area contributed by atoms with Crippen molar-refractivity contribution in [3.8, 4) is 0 Å². The number of amides is 1. The standard InChI is InChI=1S/C14H21NO2/c1-4-14(16)15(2)13(11-17-3)10-12-8-6-5-7-9-12/h5-9,13H,4,10-11H2,1-3H3/t13-/m0/s1. The predicted molar refractivity (Wildman–Crippen MR) is 68.9 cm³/mol. The van der Waals surface area contributed by atoms with Crippen molar-refractivity contribution in [1.82, 2.24) is 4.90 Å². The van der Waals surface area contributed by atoms with Gasteiger partial charge in [-0.2, -0.15) is 0 Å². The summed E-state index contributed by atoms with van der Waals surface area (Å²) >= 11 is 0. The normalized spacial score (nSPS) is 12.2. The van der Waals surface area contributed by atoms with E-state index in [0.29, 0.717) is 13.0 Å². The maximum atomic E-state index is 11.7. The minimum atomic E-state index is 0.106. The maximum Gasteiger partial charge on any atom is 0.222 e. The summed E-state index contributed by atoms with van der Waals surface area (Å²) in [5.74, 6) is 0.156. The highest BCUT2D eigenvalue weighted by molar-refractivity contribution is 5.75. The molecule has 3 nitrogen and oxygen atoms in total. The highest BCUT2D eigenvalue weighted by Gasteiger charge is 2.18. The molecule has 0 N–H and O–H groups in total. The highest BCUT2D eigenvalue weighted by atomic mass is 16.5. The van der Waals surface area contributed by atoms with Crippen molar-refractivity contribution in [3.63, 3.8) is 0 Å². The van der Waals surface area contributed by atoms with Gasteiger partial charge in [-0.3, -0.25) is 4.79 Å². The molecule has 0 bridgehead atoms. The number of rotatable bonds is 6. The molecule has 3 heteroatoms. The largest absolute Gasteiger partial charge is 0.383 e. The molecule has 0 aliphatic rings. The molecule has 0 aliphatic carbocycles. The Labute approximate surface area is 103 Å². The van der Waals surface area contributed by atoms with E-state index in [1.807, 2.05) is 32.2 Å². The summed E-state index contributed by atoms with van der Waals surface area (Å²) in [6, 6.07) is 10.3. The van der Waals surface area contributed by atoms with Gasteiger partial charge in [0.2, 0.25) is 5.91 Å². The maximum absolute atomic E-state index is 11.7. The smallest absolute Gasteiger partial charge is 0.222 e. The van der Waals surface area contributed by atoms with Crippen LogP contribution in [0.3, 0.4) is 0 Å². The Balaban J connectivity index is 2.69. The molecule has 1 aromatic carbocycles. The van der Waals surface area contributed by atoms with Crippen LogP contribution in [0.4, 0.5) is 0 Å². The lowest BCUT2D eigenvalue weighted by atomic mass is 10.1. The molecule has 17 heavy (non-hydrogen) atoms. The zero-order valence-corrected chi connectivity index (χ0v) is 10.8. The lowest BCUT2D eigenvalue weighted by Crippen LogP contribution is -2.41. The van der Waals surface area contributed by atoms with Gasteiger partial charge in [0.1, 0.15) is 0 Å². The molecular weight excluding hydrogens is 214 g/mol. The molecule has 0 aliphatic heterocycles. The Morgan fingerprint density at radius 2 is 2.00 bits per heavy atom. The number of likely N-dealkylation sites (N-methyl/N-ethyl adjacent to an activating group) is 1. The number of ether oxygens (including phenoxy) is 1. The fourth-order valence-corrected chi connectivity index (χ4v) is 1.84. The predicted octanol–water partition coefficient (Wildman–Crippen LogP) is 2.11. The van der Waals surface area contributed by atoms with Crippen molar-refractivity contribution >= 4 is 5.91 Å². The quantitative estimate of drug-likeness (QED) is 0.756. The highest BCUT2D eigenvalue weighted by Crippen LogP contribution is 2.09. The number of nitrogens with zero attached hydrogens (tertiary/aromatic N) is 1. The number of carbonyl (C=O) groups is 1. The summed E-state index contributed by atoms with van der Waals surface area (Å²) in [6.07, 6.45) is 1.36. The van der Waals surface area contributed by atoms with Crippen LogP contribution in [0.2, 0.25) is 0 Å². The van der Waals surface area contributed by atoms with Crippen LogP contribution in [0.15, 0.2) is 30.3 Å². The van der Waals surface area contributed by atoms with Crippen LogP contribution in [0.5, 0.6) is 0 Å². The van der Waals surface area contributed by atoms with E-state index in [4.69, 9.17) is 4.74 Å². The van der Waals surface area contributed by atoms with Gasteiger partial charge < -0.3 is 9.64 Å². The third-order valence-electron chi connectivity index (χ3n) is 2.92. The Bertz CT molecular complexity index is 337. The lowest BCUT2D eigenvalue weighted by Gasteiger charge is -2.27. The van der Waals surface area contributed by atoms with Crippen molar-refractivity contribution in [2.45, 2.75) is 25.8 Å². The molecule has 0 heterocycles. The van der Waals surface area contributed by atoms with E-state index in [-0.39, 0.29) is 11.9 Å². The molecule has 0 aromatic heterocycles. The van der Waals surface area contributed by atoms with Crippen LogP contribution in [-0.4, -0.2) is 37.6 Å². The Morgan fingerprint density at radius 1 is 1.35 bits per heavy atom. The van der Waals surface area contributed by atoms with Gasteiger partial charge in [0, 0.05) is 20.6 Å². The first kappa shape index (κ1) is 13.7. The minimum Gasteiger partial charge on any atom is -0.383 e. The molecule has 1 aromatic rings. The van der Waals surface area contributed by atoms with E-state index < -0.39 is 0 Å². The van der Waals surface area contributed by atoms with Gasteiger partial charge in [0.15, 0.2) is 0 Å². The summed E-state index contributed by atoms with van der Waals surface area (Å²) in [6.45, 7) is 2.45. The SMILES string of the molecule is CCC(=O)N(C)[C@H](COC)Cc1ccccc1. The van der Waals surface area contributed by atoms with Crippen molar-refractivity contribution in [3.05, 3.63) is 35.9 Å². The average molecular weight is 235 g/mol. The van der Waals surface area contributed by atoms with E-state index in [9.17, 15) is 4.79 Å². The van der Waals surface area contributed by atoms with E-state index in [0.717, 1.165) is 6.42 Å². The van der Waals surface area contributed by atoms with Crippen LogP contribution in [0, 0.1) is 0 Å². The lowest BCUT2D eigenvalue weighted by molar-refractivity contribution is -0.132. The summed E-state index contributed by atoms with van der Waals surface area (Å²) in [7, 11) is 3.51. The zero-order valence-electron chi connectivity index (χ0n) is 10.8. The molecule has 0 radical (unpaired) electrons. The molecule has 94 valence electrons. The Kier molecular flexibility index (Phi) is 5.70. The van der Waals surface area contributed by atoms with Gasteiger partial charge in [0.25, 0.3) is 0 Å². The van der Waals surface area contributed by atoms with Gasteiger partial charge in [-0.15, -0.1) is 0 Å².